The van der Waals surface area contributed by atoms with Crippen molar-refractivity contribution in [2.45, 2.75) is 6.42 Å². The van der Waals surface area contributed by atoms with E-state index in [2.05, 4.69) is 5.32 Å². The number of carbonyl (C=O) groups is 2. The van der Waals surface area contributed by atoms with Crippen molar-refractivity contribution in [3.05, 3.63) is 65.7 Å². The molecule has 4 heteroatoms. The molecule has 0 saturated heterocycles. The van der Waals surface area contributed by atoms with Crippen LogP contribution in [0, 0.1) is 0 Å². The summed E-state index contributed by atoms with van der Waals surface area (Å²) >= 11 is 0. The van der Waals surface area contributed by atoms with E-state index in [1.54, 1.807) is 30.3 Å². The van der Waals surface area contributed by atoms with Crippen LogP contribution in [0.15, 0.2) is 54.6 Å². The highest BCUT2D eigenvalue weighted by molar-refractivity contribution is 5.95. The lowest BCUT2D eigenvalue weighted by molar-refractivity contribution is -0.115. The smallest absolute Gasteiger partial charge is 0.335 e. The summed E-state index contributed by atoms with van der Waals surface area (Å²) < 4.78 is 0. The Labute approximate surface area is 110 Å². The summed E-state index contributed by atoms with van der Waals surface area (Å²) in [5.74, 6) is -1.26. The number of benzene rings is 2. The topological polar surface area (TPSA) is 66.4 Å². The lowest BCUT2D eigenvalue weighted by Gasteiger charge is -2.07. The van der Waals surface area contributed by atoms with E-state index in [1.165, 1.54) is 6.07 Å². The lowest BCUT2D eigenvalue weighted by Crippen LogP contribution is -2.16. The van der Waals surface area contributed by atoms with E-state index in [-0.39, 0.29) is 17.9 Å². The van der Waals surface area contributed by atoms with Crippen LogP contribution in [0.3, 0.4) is 0 Å². The van der Waals surface area contributed by atoms with Gasteiger partial charge in [-0.1, -0.05) is 36.4 Å². The number of rotatable bonds is 4. The van der Waals surface area contributed by atoms with E-state index >= 15 is 0 Å². The molecule has 2 aromatic rings. The Morgan fingerprint density at radius 3 is 2.26 bits per heavy atom. The molecule has 0 spiro atoms. The van der Waals surface area contributed by atoms with Gasteiger partial charge in [0.1, 0.15) is 0 Å². The van der Waals surface area contributed by atoms with E-state index < -0.39 is 5.97 Å². The highest BCUT2D eigenvalue weighted by Crippen LogP contribution is 2.11. The Bertz CT molecular complexity index is 593. The molecule has 0 heterocycles. The van der Waals surface area contributed by atoms with E-state index in [4.69, 9.17) is 5.11 Å². The minimum atomic E-state index is -1.02. The van der Waals surface area contributed by atoms with E-state index in [1.807, 2.05) is 18.2 Å². The third kappa shape index (κ3) is 3.42. The Morgan fingerprint density at radius 2 is 1.58 bits per heavy atom. The molecule has 0 aliphatic heterocycles. The summed E-state index contributed by atoms with van der Waals surface area (Å²) in [5.41, 5.74) is 1.36. The minimum absolute atomic E-state index is 0.0391. The van der Waals surface area contributed by atoms with Gasteiger partial charge in [-0.25, -0.2) is 4.79 Å². The third-order valence-electron chi connectivity index (χ3n) is 2.66. The van der Waals surface area contributed by atoms with Crippen LogP contribution in [0.5, 0.6) is 0 Å². The first-order valence-electron chi connectivity index (χ1n) is 5.83. The predicted molar refractivity (Wildman–Crippen MR) is 72.2 cm³/mol. The number of carboxylic acid groups (broad SMARTS) is 1. The van der Waals surface area contributed by atoms with Crippen LogP contribution in [0.25, 0.3) is 0 Å². The standard InChI is InChI=1S/C15H13NO3/c17-14(16-12-7-2-1-3-8-12)10-11-6-4-5-9-13(11)15(18)19/h1-9H,10H2,(H,16,17)(H,18,19). The summed E-state index contributed by atoms with van der Waals surface area (Å²) in [6, 6.07) is 15.6. The Kier molecular flexibility index (Phi) is 3.93. The molecule has 96 valence electrons. The lowest BCUT2D eigenvalue weighted by atomic mass is 10.0. The van der Waals surface area contributed by atoms with Gasteiger partial charge in [0.15, 0.2) is 0 Å². The van der Waals surface area contributed by atoms with Crippen molar-refractivity contribution in [2.75, 3.05) is 5.32 Å². The number of hydrogen-bond acceptors (Lipinski definition) is 2. The fourth-order valence-corrected chi connectivity index (χ4v) is 1.78. The Morgan fingerprint density at radius 1 is 0.947 bits per heavy atom. The first-order valence-corrected chi connectivity index (χ1v) is 5.83. The summed E-state index contributed by atoms with van der Waals surface area (Å²) in [6.45, 7) is 0. The number of carbonyl (C=O) groups excluding carboxylic acids is 1. The minimum Gasteiger partial charge on any atom is -0.478 e. The molecule has 0 aliphatic rings. The normalized spacial score (nSPS) is 9.89. The van der Waals surface area contributed by atoms with Gasteiger partial charge < -0.3 is 10.4 Å². The van der Waals surface area contributed by atoms with Crippen LogP contribution < -0.4 is 5.32 Å². The van der Waals surface area contributed by atoms with Gasteiger partial charge in [0, 0.05) is 5.69 Å². The van der Waals surface area contributed by atoms with Crippen molar-refractivity contribution in [1.82, 2.24) is 0 Å². The quantitative estimate of drug-likeness (QED) is 0.882. The van der Waals surface area contributed by atoms with Crippen LogP contribution >= 0.6 is 0 Å². The fourth-order valence-electron chi connectivity index (χ4n) is 1.78. The SMILES string of the molecule is O=C(Cc1ccccc1C(=O)O)Nc1ccccc1. The van der Waals surface area contributed by atoms with Gasteiger partial charge in [-0.2, -0.15) is 0 Å². The molecule has 0 saturated carbocycles. The van der Waals surface area contributed by atoms with Crippen molar-refractivity contribution in [1.29, 1.82) is 0 Å². The second-order valence-electron chi connectivity index (χ2n) is 4.05. The first kappa shape index (κ1) is 12.8. The maximum absolute atomic E-state index is 11.9. The van der Waals surface area contributed by atoms with Crippen LogP contribution in [-0.2, 0) is 11.2 Å². The number of aromatic carboxylic acids is 1. The maximum atomic E-state index is 11.9. The van der Waals surface area contributed by atoms with Gasteiger partial charge in [0.05, 0.1) is 12.0 Å². The van der Waals surface area contributed by atoms with Crippen molar-refractivity contribution in [3.63, 3.8) is 0 Å². The summed E-state index contributed by atoms with van der Waals surface area (Å²) in [5, 5.41) is 11.8. The molecular weight excluding hydrogens is 242 g/mol. The van der Waals surface area contributed by atoms with Gasteiger partial charge in [-0.05, 0) is 23.8 Å². The largest absolute Gasteiger partial charge is 0.478 e. The Hall–Kier alpha value is -2.62. The molecule has 0 atom stereocenters. The third-order valence-corrected chi connectivity index (χ3v) is 2.66. The fraction of sp³-hybridized carbons (Fsp3) is 0.0667. The van der Waals surface area contributed by atoms with Crippen molar-refractivity contribution in [2.24, 2.45) is 0 Å². The van der Waals surface area contributed by atoms with Crippen molar-refractivity contribution < 1.29 is 14.7 Å². The molecule has 0 aromatic heterocycles. The average molecular weight is 255 g/mol. The maximum Gasteiger partial charge on any atom is 0.335 e. The molecule has 4 nitrogen and oxygen atoms in total. The van der Waals surface area contributed by atoms with E-state index in [0.717, 1.165) is 0 Å². The number of carboxylic acids is 1. The second-order valence-corrected chi connectivity index (χ2v) is 4.05. The molecule has 19 heavy (non-hydrogen) atoms. The molecule has 0 radical (unpaired) electrons. The molecule has 2 rings (SSSR count). The van der Waals surface area contributed by atoms with Gasteiger partial charge in [0.25, 0.3) is 0 Å². The number of amides is 1. The van der Waals surface area contributed by atoms with Crippen molar-refractivity contribution in [3.8, 4) is 0 Å². The molecule has 0 unspecified atom stereocenters. The first-order chi connectivity index (χ1) is 9.16. The molecule has 1 amide bonds. The predicted octanol–water partition coefficient (Wildman–Crippen LogP) is 2.57. The summed E-state index contributed by atoms with van der Waals surface area (Å²) in [4.78, 5) is 22.9. The zero-order chi connectivity index (χ0) is 13.7. The Balaban J connectivity index is 2.09. The van der Waals surface area contributed by atoms with Gasteiger partial charge >= 0.3 is 5.97 Å². The molecule has 0 bridgehead atoms. The number of anilines is 1. The van der Waals surface area contributed by atoms with Gasteiger partial charge in [-0.3, -0.25) is 4.79 Å². The van der Waals surface area contributed by atoms with Crippen LogP contribution in [0.1, 0.15) is 15.9 Å². The van der Waals surface area contributed by atoms with Crippen LogP contribution in [-0.4, -0.2) is 17.0 Å². The molecule has 2 N–H and O–H groups in total. The number of para-hydroxylation sites is 1. The molecule has 0 fully saturated rings. The molecule has 2 aromatic carbocycles. The van der Waals surface area contributed by atoms with Gasteiger partial charge in [0.2, 0.25) is 5.91 Å². The van der Waals surface area contributed by atoms with Crippen molar-refractivity contribution >= 4 is 17.6 Å². The summed E-state index contributed by atoms with van der Waals surface area (Å²) in [6.07, 6.45) is 0.0391. The number of nitrogens with one attached hydrogen (secondary N) is 1. The van der Waals surface area contributed by atoms with Gasteiger partial charge in [-0.15, -0.1) is 0 Å². The highest BCUT2D eigenvalue weighted by atomic mass is 16.4. The van der Waals surface area contributed by atoms with Crippen LogP contribution in [0.2, 0.25) is 0 Å². The van der Waals surface area contributed by atoms with Crippen LogP contribution in [0.4, 0.5) is 5.69 Å². The average Bonchev–Trinajstić information content (AvgIpc) is 2.40. The zero-order valence-corrected chi connectivity index (χ0v) is 10.2. The summed E-state index contributed by atoms with van der Waals surface area (Å²) in [7, 11) is 0. The number of hydrogen-bond donors (Lipinski definition) is 2. The molecular formula is C15H13NO3. The highest BCUT2D eigenvalue weighted by Gasteiger charge is 2.12. The second kappa shape index (κ2) is 5.82. The zero-order valence-electron chi connectivity index (χ0n) is 10.2. The monoisotopic (exact) mass is 255 g/mol. The van der Waals surface area contributed by atoms with E-state index in [9.17, 15) is 9.59 Å². The van der Waals surface area contributed by atoms with E-state index in [0.29, 0.717) is 11.3 Å². The molecule has 0 aliphatic carbocycles.